The molecule has 3 N–H and O–H groups in total. The van der Waals surface area contributed by atoms with E-state index in [2.05, 4.69) is 15.4 Å². The summed E-state index contributed by atoms with van der Waals surface area (Å²) in [5, 5.41) is 7.96. The van der Waals surface area contributed by atoms with Crippen molar-refractivity contribution in [2.45, 2.75) is 26.0 Å². The van der Waals surface area contributed by atoms with E-state index in [1.807, 2.05) is 25.9 Å². The number of benzene rings is 1. The molecule has 1 aromatic heterocycles. The molecule has 1 aliphatic carbocycles. The fourth-order valence-electron chi connectivity index (χ4n) is 2.47. The minimum atomic E-state index is -0.429. The van der Waals surface area contributed by atoms with Gasteiger partial charge in [-0.1, -0.05) is 23.7 Å². The van der Waals surface area contributed by atoms with Gasteiger partial charge < -0.3 is 15.8 Å². The largest absolute Gasteiger partial charge is 0.491 e. The first-order valence-corrected chi connectivity index (χ1v) is 8.40. The van der Waals surface area contributed by atoms with E-state index in [4.69, 9.17) is 22.1 Å². The number of hydrogen-bond acceptors (Lipinski definition) is 6. The molecule has 0 fully saturated rings. The van der Waals surface area contributed by atoms with Gasteiger partial charge in [-0.2, -0.15) is 9.67 Å². The SMILES string of the molecule is CC(C)OC1=CC(=C=O)C(Nc2nc(N)n(-c3cccc(Cl)c3)n2)C=C1. The summed E-state index contributed by atoms with van der Waals surface area (Å²) in [5.74, 6) is 3.01. The third-order valence-corrected chi connectivity index (χ3v) is 3.78. The molecule has 1 aliphatic rings. The van der Waals surface area contributed by atoms with Crippen LogP contribution >= 0.6 is 11.6 Å². The van der Waals surface area contributed by atoms with Crippen molar-refractivity contribution in [3.63, 3.8) is 0 Å². The zero-order chi connectivity index (χ0) is 18.7. The minimum Gasteiger partial charge on any atom is -0.491 e. The van der Waals surface area contributed by atoms with E-state index in [9.17, 15) is 4.79 Å². The zero-order valence-electron chi connectivity index (χ0n) is 14.3. The average Bonchev–Trinajstić information content (AvgIpc) is 2.96. The summed E-state index contributed by atoms with van der Waals surface area (Å²) in [6, 6.07) is 6.67. The van der Waals surface area contributed by atoms with Gasteiger partial charge in [-0.05, 0) is 44.2 Å². The van der Waals surface area contributed by atoms with Crippen LogP contribution in [0.25, 0.3) is 5.69 Å². The molecule has 0 saturated carbocycles. The number of rotatable bonds is 5. The Bertz CT molecular complexity index is 925. The third kappa shape index (κ3) is 3.96. The number of ether oxygens (including phenoxy) is 1. The number of carbonyl (C=O) groups excluding carboxylic acids is 1. The van der Waals surface area contributed by atoms with Gasteiger partial charge in [0.2, 0.25) is 11.9 Å². The van der Waals surface area contributed by atoms with Crippen LogP contribution in [0.1, 0.15) is 13.8 Å². The molecule has 0 amide bonds. The van der Waals surface area contributed by atoms with E-state index in [1.165, 1.54) is 4.68 Å². The molecule has 3 rings (SSSR count). The smallest absolute Gasteiger partial charge is 0.245 e. The lowest BCUT2D eigenvalue weighted by Gasteiger charge is -2.19. The second-order valence-corrected chi connectivity index (χ2v) is 6.37. The molecule has 1 atom stereocenters. The van der Waals surface area contributed by atoms with Gasteiger partial charge in [0, 0.05) is 5.02 Å². The number of nitrogens with zero attached hydrogens (tertiary/aromatic N) is 3. The molecular formula is C18H18ClN5O2. The highest BCUT2D eigenvalue weighted by atomic mass is 35.5. The highest BCUT2D eigenvalue weighted by Crippen LogP contribution is 2.21. The summed E-state index contributed by atoms with van der Waals surface area (Å²) in [5.41, 5.74) is 7.02. The lowest BCUT2D eigenvalue weighted by molar-refractivity contribution is 0.157. The van der Waals surface area contributed by atoms with E-state index < -0.39 is 6.04 Å². The molecule has 0 saturated heterocycles. The number of nitrogen functional groups attached to an aromatic ring is 1. The third-order valence-electron chi connectivity index (χ3n) is 3.54. The van der Waals surface area contributed by atoms with Crippen LogP contribution in [0.5, 0.6) is 0 Å². The summed E-state index contributed by atoms with van der Waals surface area (Å²) in [7, 11) is 0. The Morgan fingerprint density at radius 3 is 2.92 bits per heavy atom. The van der Waals surface area contributed by atoms with Crippen molar-refractivity contribution in [2.24, 2.45) is 0 Å². The number of hydrogen-bond donors (Lipinski definition) is 2. The molecule has 0 bridgehead atoms. The Balaban J connectivity index is 1.80. The number of anilines is 2. The highest BCUT2D eigenvalue weighted by Gasteiger charge is 2.19. The molecule has 1 heterocycles. The van der Waals surface area contributed by atoms with Crippen LogP contribution in [0.3, 0.4) is 0 Å². The number of aromatic nitrogens is 3. The predicted octanol–water partition coefficient (Wildman–Crippen LogP) is 2.92. The lowest BCUT2D eigenvalue weighted by atomic mass is 10.0. The van der Waals surface area contributed by atoms with Gasteiger partial charge in [0.15, 0.2) is 0 Å². The van der Waals surface area contributed by atoms with Gasteiger partial charge in [-0.15, -0.1) is 5.10 Å². The minimum absolute atomic E-state index is 0.0122. The molecule has 26 heavy (non-hydrogen) atoms. The quantitative estimate of drug-likeness (QED) is 0.784. The van der Waals surface area contributed by atoms with Crippen LogP contribution in [-0.4, -0.2) is 32.9 Å². The second-order valence-electron chi connectivity index (χ2n) is 5.94. The summed E-state index contributed by atoms with van der Waals surface area (Å²) in [6.45, 7) is 3.83. The fourth-order valence-corrected chi connectivity index (χ4v) is 2.66. The Kier molecular flexibility index (Phi) is 5.11. The highest BCUT2D eigenvalue weighted by molar-refractivity contribution is 6.30. The van der Waals surface area contributed by atoms with Crippen molar-refractivity contribution in [1.82, 2.24) is 14.8 Å². The molecule has 1 aromatic carbocycles. The molecule has 0 spiro atoms. The second kappa shape index (κ2) is 7.47. The summed E-state index contributed by atoms with van der Waals surface area (Å²) >= 11 is 6.01. The van der Waals surface area contributed by atoms with Gasteiger partial charge >= 0.3 is 0 Å². The Hall–Kier alpha value is -3.02. The van der Waals surface area contributed by atoms with E-state index in [1.54, 1.807) is 36.4 Å². The number of nitrogens with two attached hydrogens (primary N) is 1. The molecular weight excluding hydrogens is 354 g/mol. The van der Waals surface area contributed by atoms with Crippen molar-refractivity contribution in [3.05, 3.63) is 58.8 Å². The van der Waals surface area contributed by atoms with Gasteiger partial charge in [0.1, 0.15) is 11.7 Å². The first-order valence-electron chi connectivity index (χ1n) is 8.03. The Labute approximate surface area is 155 Å². The fraction of sp³-hybridized carbons (Fsp3) is 0.222. The van der Waals surface area contributed by atoms with Crippen molar-refractivity contribution < 1.29 is 9.53 Å². The average molecular weight is 372 g/mol. The molecule has 0 radical (unpaired) electrons. The van der Waals surface area contributed by atoms with Crippen LogP contribution in [0.15, 0.2) is 53.8 Å². The van der Waals surface area contributed by atoms with E-state index in [0.717, 1.165) is 0 Å². The van der Waals surface area contributed by atoms with Crippen LogP contribution in [0, 0.1) is 0 Å². The zero-order valence-corrected chi connectivity index (χ0v) is 15.1. The molecule has 1 unspecified atom stereocenters. The van der Waals surface area contributed by atoms with Crippen molar-refractivity contribution in [2.75, 3.05) is 11.1 Å². The Morgan fingerprint density at radius 1 is 1.42 bits per heavy atom. The summed E-state index contributed by atoms with van der Waals surface area (Å²) in [4.78, 5) is 15.5. The first kappa shape index (κ1) is 17.8. The standard InChI is InChI=1S/C18H18ClN5O2/c1-11(2)26-15-6-7-16(12(8-15)10-25)21-18-22-17(20)24(23-18)14-5-3-4-13(19)9-14/h3-9,11,16H,1-2H3,(H3,20,21,22,23). The van der Waals surface area contributed by atoms with Crippen molar-refractivity contribution >= 4 is 29.4 Å². The molecule has 7 nitrogen and oxygen atoms in total. The van der Waals surface area contributed by atoms with Crippen LogP contribution in [0.4, 0.5) is 11.9 Å². The number of allylic oxidation sites excluding steroid dienone is 1. The normalized spacial score (nSPS) is 16.4. The molecule has 134 valence electrons. The van der Waals surface area contributed by atoms with E-state index in [-0.39, 0.29) is 18.0 Å². The maximum Gasteiger partial charge on any atom is 0.245 e. The predicted molar refractivity (Wildman–Crippen MR) is 101 cm³/mol. The van der Waals surface area contributed by atoms with Crippen molar-refractivity contribution in [3.8, 4) is 5.69 Å². The van der Waals surface area contributed by atoms with Gasteiger partial charge in [-0.25, -0.2) is 4.79 Å². The molecule has 0 aliphatic heterocycles. The van der Waals surface area contributed by atoms with E-state index in [0.29, 0.717) is 22.0 Å². The van der Waals surface area contributed by atoms with Crippen LogP contribution in [-0.2, 0) is 9.53 Å². The molecule has 2 aromatic rings. The van der Waals surface area contributed by atoms with Crippen LogP contribution in [0.2, 0.25) is 5.02 Å². The van der Waals surface area contributed by atoms with E-state index >= 15 is 0 Å². The maximum absolute atomic E-state index is 11.3. The molecule has 8 heteroatoms. The number of halogens is 1. The summed E-state index contributed by atoms with van der Waals surface area (Å²) < 4.78 is 7.06. The lowest BCUT2D eigenvalue weighted by Crippen LogP contribution is -2.23. The first-order chi connectivity index (χ1) is 12.5. The monoisotopic (exact) mass is 371 g/mol. The van der Waals surface area contributed by atoms with Crippen LogP contribution < -0.4 is 11.1 Å². The maximum atomic E-state index is 11.3. The number of nitrogens with one attached hydrogen (secondary N) is 1. The van der Waals surface area contributed by atoms with Crippen molar-refractivity contribution in [1.29, 1.82) is 0 Å². The van der Waals surface area contributed by atoms with Gasteiger partial charge in [-0.3, -0.25) is 0 Å². The van der Waals surface area contributed by atoms with Gasteiger partial charge in [0.05, 0.1) is 23.4 Å². The van der Waals surface area contributed by atoms with Gasteiger partial charge in [0.25, 0.3) is 0 Å². The summed E-state index contributed by atoms with van der Waals surface area (Å²) in [6.07, 6.45) is 5.23. The topological polar surface area (TPSA) is 95.1 Å². The Morgan fingerprint density at radius 2 is 2.23 bits per heavy atom.